The smallest absolute Gasteiger partial charge is 0.263 e. The van der Waals surface area contributed by atoms with Crippen molar-refractivity contribution < 1.29 is 14.3 Å². The average Bonchev–Trinajstić information content (AvgIpc) is 3.18. The summed E-state index contributed by atoms with van der Waals surface area (Å²) in [7, 11) is 3.11. The fourth-order valence-electron chi connectivity index (χ4n) is 3.51. The number of fused-ring (bicyclic) bond motifs is 1. The third-order valence-corrected chi connectivity index (χ3v) is 6.07. The zero-order chi connectivity index (χ0) is 23.4. The van der Waals surface area contributed by atoms with E-state index in [1.165, 1.54) is 28.4 Å². The number of methoxy groups -OCH3 is 2. The number of benzene rings is 2. The maximum absolute atomic E-state index is 13.2. The number of amides is 1. The number of carbonyl (C=O) groups is 1. The van der Waals surface area contributed by atoms with E-state index in [1.807, 2.05) is 37.3 Å². The third-order valence-electron chi connectivity index (χ3n) is 5.06. The summed E-state index contributed by atoms with van der Waals surface area (Å²) in [5, 5.41) is 4.51. The zero-order valence-corrected chi connectivity index (χ0v) is 19.2. The van der Waals surface area contributed by atoms with Crippen LogP contribution in [0.2, 0.25) is 0 Å². The number of rotatable bonds is 7. The van der Waals surface area contributed by atoms with Gasteiger partial charge in [0.1, 0.15) is 22.9 Å². The molecule has 0 aliphatic rings. The van der Waals surface area contributed by atoms with Gasteiger partial charge in [0.15, 0.2) is 0 Å². The Labute approximate surface area is 194 Å². The van der Waals surface area contributed by atoms with Crippen LogP contribution in [-0.2, 0) is 11.3 Å². The molecule has 2 aromatic heterocycles. The first-order valence-electron chi connectivity index (χ1n) is 10.1. The van der Waals surface area contributed by atoms with Crippen LogP contribution >= 0.6 is 11.3 Å². The Kier molecular flexibility index (Phi) is 6.50. The van der Waals surface area contributed by atoms with Crippen molar-refractivity contribution in [3.05, 3.63) is 75.7 Å². The Morgan fingerprint density at radius 2 is 1.97 bits per heavy atom. The van der Waals surface area contributed by atoms with Gasteiger partial charge in [-0.3, -0.25) is 14.2 Å². The van der Waals surface area contributed by atoms with Gasteiger partial charge in [-0.25, -0.2) is 10.4 Å². The van der Waals surface area contributed by atoms with Gasteiger partial charge in [0.05, 0.1) is 32.1 Å². The first kappa shape index (κ1) is 22.2. The van der Waals surface area contributed by atoms with Crippen molar-refractivity contribution in [2.45, 2.75) is 13.5 Å². The van der Waals surface area contributed by atoms with Crippen molar-refractivity contribution >= 4 is 33.7 Å². The van der Waals surface area contributed by atoms with Gasteiger partial charge in [-0.05, 0) is 30.7 Å². The van der Waals surface area contributed by atoms with Crippen LogP contribution in [0, 0.1) is 6.92 Å². The summed E-state index contributed by atoms with van der Waals surface area (Å²) in [4.78, 5) is 31.7. The minimum Gasteiger partial charge on any atom is -0.497 e. The van der Waals surface area contributed by atoms with E-state index in [1.54, 1.807) is 32.4 Å². The van der Waals surface area contributed by atoms with E-state index in [4.69, 9.17) is 9.47 Å². The summed E-state index contributed by atoms with van der Waals surface area (Å²) in [6.07, 6.45) is 2.85. The molecule has 0 saturated heterocycles. The van der Waals surface area contributed by atoms with Gasteiger partial charge >= 0.3 is 0 Å². The van der Waals surface area contributed by atoms with Crippen molar-refractivity contribution in [3.8, 4) is 22.6 Å². The maximum atomic E-state index is 13.2. The van der Waals surface area contributed by atoms with Crippen LogP contribution in [0.15, 0.2) is 64.8 Å². The number of nitrogens with one attached hydrogen (secondary N) is 1. The highest BCUT2D eigenvalue weighted by Gasteiger charge is 2.17. The van der Waals surface area contributed by atoms with E-state index in [9.17, 15) is 9.59 Å². The highest BCUT2D eigenvalue weighted by molar-refractivity contribution is 7.19. The Morgan fingerprint density at radius 3 is 2.70 bits per heavy atom. The fourth-order valence-corrected chi connectivity index (χ4v) is 4.51. The van der Waals surface area contributed by atoms with Crippen molar-refractivity contribution in [3.63, 3.8) is 0 Å². The largest absolute Gasteiger partial charge is 0.497 e. The molecule has 0 unspecified atom stereocenters. The van der Waals surface area contributed by atoms with Gasteiger partial charge in [-0.1, -0.05) is 30.3 Å². The molecule has 8 nitrogen and oxygen atoms in total. The average molecular weight is 463 g/mol. The van der Waals surface area contributed by atoms with E-state index in [2.05, 4.69) is 15.5 Å². The molecule has 0 aliphatic carbocycles. The predicted molar refractivity (Wildman–Crippen MR) is 129 cm³/mol. The Balaban J connectivity index is 1.56. The molecule has 0 aliphatic heterocycles. The zero-order valence-electron chi connectivity index (χ0n) is 18.4. The molecule has 0 radical (unpaired) electrons. The molecule has 4 rings (SSSR count). The minimum atomic E-state index is -0.454. The van der Waals surface area contributed by atoms with Gasteiger partial charge in [0.25, 0.3) is 11.5 Å². The second-order valence-electron chi connectivity index (χ2n) is 7.16. The first-order valence-corrected chi connectivity index (χ1v) is 10.9. The standard InChI is InChI=1S/C24H22N4O4S/c1-15-21(16-7-5-4-6-8-16)22-23(33-15)25-14-28(24(22)30)13-20(29)27-26-12-17-11-18(31-2)9-10-19(17)32-3/h4-12,14H,13H2,1-3H3,(H,27,29)/b26-12+. The molecular weight excluding hydrogens is 440 g/mol. The van der Waals surface area contributed by atoms with Crippen molar-refractivity contribution in [1.29, 1.82) is 0 Å². The predicted octanol–water partition coefficient (Wildman–Crippen LogP) is 3.60. The monoisotopic (exact) mass is 462 g/mol. The van der Waals surface area contributed by atoms with Crippen molar-refractivity contribution in [1.82, 2.24) is 15.0 Å². The molecule has 4 aromatic rings. The van der Waals surface area contributed by atoms with Crippen LogP contribution in [0.1, 0.15) is 10.4 Å². The summed E-state index contributed by atoms with van der Waals surface area (Å²) in [6.45, 7) is 1.75. The molecule has 0 saturated carbocycles. The summed E-state index contributed by atoms with van der Waals surface area (Å²) >= 11 is 1.46. The summed E-state index contributed by atoms with van der Waals surface area (Å²) in [5.41, 5.74) is 4.61. The topological polar surface area (TPSA) is 94.8 Å². The van der Waals surface area contributed by atoms with Crippen molar-refractivity contribution in [2.75, 3.05) is 14.2 Å². The van der Waals surface area contributed by atoms with Gasteiger partial charge in [-0.15, -0.1) is 11.3 Å². The van der Waals surface area contributed by atoms with E-state index in [0.717, 1.165) is 16.0 Å². The van der Waals surface area contributed by atoms with E-state index in [0.29, 0.717) is 27.3 Å². The highest BCUT2D eigenvalue weighted by atomic mass is 32.1. The molecule has 0 fully saturated rings. The van der Waals surface area contributed by atoms with E-state index < -0.39 is 5.91 Å². The lowest BCUT2D eigenvalue weighted by Gasteiger charge is -2.07. The molecule has 33 heavy (non-hydrogen) atoms. The molecule has 9 heteroatoms. The quantitative estimate of drug-likeness (QED) is 0.335. The van der Waals surface area contributed by atoms with Crippen LogP contribution in [0.5, 0.6) is 11.5 Å². The first-order chi connectivity index (χ1) is 16.0. The SMILES string of the molecule is COc1ccc(OC)c(/C=N/NC(=O)Cn2cnc3sc(C)c(-c4ccccc4)c3c2=O)c1. The number of thiophene rings is 1. The maximum Gasteiger partial charge on any atom is 0.263 e. The normalized spacial score (nSPS) is 11.1. The lowest BCUT2D eigenvalue weighted by molar-refractivity contribution is -0.121. The van der Waals surface area contributed by atoms with E-state index >= 15 is 0 Å². The molecule has 168 valence electrons. The molecule has 0 spiro atoms. The Hall–Kier alpha value is -3.98. The van der Waals surface area contributed by atoms with Crippen molar-refractivity contribution in [2.24, 2.45) is 5.10 Å². The summed E-state index contributed by atoms with van der Waals surface area (Å²) in [6, 6.07) is 14.9. The number of nitrogens with zero attached hydrogens (tertiary/aromatic N) is 3. The number of hydrazone groups is 1. The van der Waals surface area contributed by atoms with Crippen LogP contribution < -0.4 is 20.5 Å². The molecule has 1 N–H and O–H groups in total. The molecule has 0 atom stereocenters. The molecule has 2 heterocycles. The summed E-state index contributed by atoms with van der Waals surface area (Å²) in [5.74, 6) is 0.764. The van der Waals surface area contributed by atoms with Gasteiger partial charge in [-0.2, -0.15) is 5.10 Å². The summed E-state index contributed by atoms with van der Waals surface area (Å²) < 4.78 is 11.8. The Morgan fingerprint density at radius 1 is 1.18 bits per heavy atom. The van der Waals surface area contributed by atoms with Crippen LogP contribution in [-0.4, -0.2) is 35.9 Å². The number of ether oxygens (including phenoxy) is 2. The third kappa shape index (κ3) is 4.63. The second kappa shape index (κ2) is 9.66. The van der Waals surface area contributed by atoms with Gasteiger partial charge < -0.3 is 9.47 Å². The molecule has 0 bridgehead atoms. The number of aryl methyl sites for hydroxylation is 1. The molecular formula is C24H22N4O4S. The molecule has 1 amide bonds. The number of carbonyl (C=O) groups excluding carboxylic acids is 1. The second-order valence-corrected chi connectivity index (χ2v) is 8.36. The highest BCUT2D eigenvalue weighted by Crippen LogP contribution is 2.35. The van der Waals surface area contributed by atoms with E-state index in [-0.39, 0.29) is 12.1 Å². The number of hydrogen-bond acceptors (Lipinski definition) is 7. The van der Waals surface area contributed by atoms with Crippen LogP contribution in [0.25, 0.3) is 21.3 Å². The lowest BCUT2D eigenvalue weighted by atomic mass is 10.0. The number of aromatic nitrogens is 2. The van der Waals surface area contributed by atoms with Crippen LogP contribution in [0.3, 0.4) is 0 Å². The minimum absolute atomic E-state index is 0.211. The van der Waals surface area contributed by atoms with Crippen LogP contribution in [0.4, 0.5) is 0 Å². The van der Waals surface area contributed by atoms with Gasteiger partial charge in [0, 0.05) is 16.0 Å². The Bertz CT molecular complexity index is 1390. The number of hydrogen-bond donors (Lipinski definition) is 1. The van der Waals surface area contributed by atoms with Gasteiger partial charge in [0.2, 0.25) is 0 Å². The lowest BCUT2D eigenvalue weighted by Crippen LogP contribution is -2.30. The molecule has 2 aromatic carbocycles. The fraction of sp³-hybridized carbons (Fsp3) is 0.167.